The second-order valence-corrected chi connectivity index (χ2v) is 11.6. The highest BCUT2D eigenvalue weighted by molar-refractivity contribution is 8.04. The van der Waals surface area contributed by atoms with E-state index in [0.717, 1.165) is 6.42 Å². The average Bonchev–Trinajstić information content (AvgIpc) is 2.67. The molecule has 0 aliphatic heterocycles. The summed E-state index contributed by atoms with van der Waals surface area (Å²) in [4.78, 5) is 12.2. The molecule has 0 N–H and O–H groups in total. The predicted molar refractivity (Wildman–Crippen MR) is 97.0 cm³/mol. The molecular weight excluding hydrogens is 503 g/mol. The van der Waals surface area contributed by atoms with Crippen LogP contribution in [0.2, 0.25) is 0 Å². The van der Waals surface area contributed by atoms with Crippen molar-refractivity contribution in [2.75, 3.05) is 5.75 Å². The Bertz CT molecular complexity index is 777. The van der Waals surface area contributed by atoms with Crippen molar-refractivity contribution < 1.29 is 56.4 Å². The van der Waals surface area contributed by atoms with Crippen molar-refractivity contribution in [2.24, 2.45) is 5.92 Å². The zero-order valence-corrected chi connectivity index (χ0v) is 18.2. The Hall–Kier alpha value is -0.700. The van der Waals surface area contributed by atoms with Crippen LogP contribution in [0.15, 0.2) is 0 Å². The molecule has 0 amide bonds. The number of carbonyl (C=O) groups excluding carboxylic acids is 1. The first-order valence-corrected chi connectivity index (χ1v) is 12.6. The Balaban J connectivity index is 2.37. The molecule has 2 saturated carbocycles. The lowest BCUT2D eigenvalue weighted by molar-refractivity contribution is -0.382. The number of carbonyl (C=O) groups is 1. The van der Waals surface area contributed by atoms with Crippen LogP contribution in [0, 0.1) is 5.92 Å². The Kier molecular flexibility index (Phi) is 8.19. The SMILES string of the molecule is O=C1CCCCC1[S+](CC1CCCCC1)OS(=O)(=O)C(F)(F)C(F)(F)C(F)(F)C(F)(F)F. The van der Waals surface area contributed by atoms with E-state index in [1.807, 2.05) is 0 Å². The van der Waals surface area contributed by atoms with E-state index in [1.165, 1.54) is 0 Å². The quantitative estimate of drug-likeness (QED) is 0.315. The van der Waals surface area contributed by atoms with Gasteiger partial charge in [0.05, 0.1) is 0 Å². The standard InChI is InChI=1S/C17H22F9O4S2/c18-14(19,16(22,23)24)15(20,21)17(25,26)32(28,29)30-31(10-11-6-2-1-3-7-11)13-9-5-4-8-12(13)27/h11,13H,1-10H2/q+1. The van der Waals surface area contributed by atoms with Gasteiger partial charge in [-0.1, -0.05) is 19.3 Å². The van der Waals surface area contributed by atoms with Gasteiger partial charge in [-0.25, -0.2) is 0 Å². The summed E-state index contributed by atoms with van der Waals surface area (Å²) >= 11 is -2.21. The number of hydrogen-bond donors (Lipinski definition) is 0. The van der Waals surface area contributed by atoms with Crippen molar-refractivity contribution in [1.82, 2.24) is 0 Å². The van der Waals surface area contributed by atoms with Gasteiger partial charge in [0, 0.05) is 18.8 Å². The number of rotatable bonds is 8. The second kappa shape index (κ2) is 9.51. The molecule has 2 fully saturated rings. The molecule has 0 aromatic heterocycles. The normalized spacial score (nSPS) is 23.9. The summed E-state index contributed by atoms with van der Waals surface area (Å²) in [5.74, 6) is -15.8. The van der Waals surface area contributed by atoms with Crippen LogP contribution in [-0.4, -0.2) is 48.5 Å². The van der Waals surface area contributed by atoms with Gasteiger partial charge in [0.15, 0.2) is 17.0 Å². The van der Waals surface area contributed by atoms with Crippen molar-refractivity contribution in [3.05, 3.63) is 0 Å². The number of Topliss-reactive ketones (excluding diaryl/α,β-unsaturated/α-hetero) is 1. The summed E-state index contributed by atoms with van der Waals surface area (Å²) in [6.07, 6.45) is -3.08. The van der Waals surface area contributed by atoms with Gasteiger partial charge < -0.3 is 0 Å². The van der Waals surface area contributed by atoms with Gasteiger partial charge in [-0.3, -0.25) is 4.79 Å². The summed E-state index contributed by atoms with van der Waals surface area (Å²) in [6.45, 7) is 0. The molecule has 0 radical (unpaired) electrons. The first-order valence-electron chi connectivity index (χ1n) is 9.83. The van der Waals surface area contributed by atoms with Crippen LogP contribution in [0.25, 0.3) is 0 Å². The van der Waals surface area contributed by atoms with Crippen LogP contribution in [-0.2, 0) is 29.7 Å². The van der Waals surface area contributed by atoms with E-state index in [4.69, 9.17) is 0 Å². The fourth-order valence-corrected chi connectivity index (χ4v) is 7.86. The smallest absolute Gasteiger partial charge is 0.294 e. The molecule has 2 aliphatic carbocycles. The molecule has 0 heterocycles. The minimum Gasteiger partial charge on any atom is -0.294 e. The summed E-state index contributed by atoms with van der Waals surface area (Å²) < 4.78 is 147. The molecule has 0 saturated heterocycles. The molecule has 15 heteroatoms. The third kappa shape index (κ3) is 5.18. The maximum Gasteiger partial charge on any atom is 0.460 e. The predicted octanol–water partition coefficient (Wildman–Crippen LogP) is 5.38. The van der Waals surface area contributed by atoms with E-state index >= 15 is 0 Å². The lowest BCUT2D eigenvalue weighted by atomic mass is 9.91. The number of alkyl halides is 9. The van der Waals surface area contributed by atoms with Crippen LogP contribution >= 0.6 is 0 Å². The number of hydrogen-bond acceptors (Lipinski definition) is 4. The number of ketones is 1. The summed E-state index contributed by atoms with van der Waals surface area (Å²) in [5, 5.41) is -8.15. The minimum atomic E-state index is -7.36. The van der Waals surface area contributed by atoms with E-state index in [1.54, 1.807) is 0 Å². The molecule has 0 spiro atoms. The average molecular weight is 525 g/mol. The Labute approximate surface area is 181 Å². The van der Waals surface area contributed by atoms with E-state index < -0.39 is 55.6 Å². The summed E-state index contributed by atoms with van der Waals surface area (Å²) in [6, 6.07) is 0. The van der Waals surface area contributed by atoms with Gasteiger partial charge >= 0.3 is 33.4 Å². The molecule has 2 atom stereocenters. The fourth-order valence-electron chi connectivity index (χ4n) is 3.68. The molecular formula is C17H22F9O4S2+. The maximum absolute atomic E-state index is 14.1. The van der Waals surface area contributed by atoms with Gasteiger partial charge in [-0.15, -0.1) is 0 Å². The van der Waals surface area contributed by atoms with Gasteiger partial charge in [0.1, 0.15) is 5.75 Å². The van der Waals surface area contributed by atoms with Gasteiger partial charge in [0.25, 0.3) is 0 Å². The minimum absolute atomic E-state index is 0.00482. The lowest BCUT2D eigenvalue weighted by Crippen LogP contribution is -2.63. The first kappa shape index (κ1) is 27.5. The highest BCUT2D eigenvalue weighted by Crippen LogP contribution is 2.55. The van der Waals surface area contributed by atoms with Crippen molar-refractivity contribution >= 4 is 27.1 Å². The van der Waals surface area contributed by atoms with Crippen molar-refractivity contribution in [1.29, 1.82) is 0 Å². The molecule has 2 unspecified atom stereocenters. The Morgan fingerprint density at radius 3 is 1.84 bits per heavy atom. The van der Waals surface area contributed by atoms with Crippen LogP contribution in [0.1, 0.15) is 57.8 Å². The van der Waals surface area contributed by atoms with E-state index in [-0.39, 0.29) is 24.5 Å². The molecule has 2 rings (SSSR count). The summed E-state index contributed by atoms with van der Waals surface area (Å²) in [5.41, 5.74) is 0. The van der Waals surface area contributed by atoms with Crippen LogP contribution < -0.4 is 0 Å². The van der Waals surface area contributed by atoms with Gasteiger partial charge in [-0.2, -0.15) is 47.9 Å². The van der Waals surface area contributed by atoms with E-state index in [0.29, 0.717) is 38.5 Å². The number of halogens is 9. The van der Waals surface area contributed by atoms with E-state index in [2.05, 4.69) is 3.63 Å². The third-order valence-electron chi connectivity index (χ3n) is 5.55. The van der Waals surface area contributed by atoms with Crippen molar-refractivity contribution in [3.8, 4) is 0 Å². The maximum atomic E-state index is 14.1. The zero-order chi connectivity index (χ0) is 24.6. The van der Waals surface area contributed by atoms with Crippen LogP contribution in [0.4, 0.5) is 39.5 Å². The molecule has 188 valence electrons. The topological polar surface area (TPSA) is 60.4 Å². The first-order chi connectivity index (χ1) is 14.5. The van der Waals surface area contributed by atoms with Crippen molar-refractivity contribution in [2.45, 2.75) is 86.3 Å². The Morgan fingerprint density at radius 2 is 1.34 bits per heavy atom. The fraction of sp³-hybridized carbons (Fsp3) is 0.941. The zero-order valence-electron chi connectivity index (χ0n) is 16.6. The lowest BCUT2D eigenvalue weighted by Gasteiger charge is -2.32. The third-order valence-corrected chi connectivity index (χ3v) is 9.78. The molecule has 0 aromatic carbocycles. The molecule has 32 heavy (non-hydrogen) atoms. The van der Waals surface area contributed by atoms with Gasteiger partial charge in [-0.05, 0) is 29.3 Å². The molecule has 4 nitrogen and oxygen atoms in total. The molecule has 0 aromatic rings. The second-order valence-electron chi connectivity index (χ2n) is 7.94. The molecule has 2 aliphatic rings. The summed E-state index contributed by atoms with van der Waals surface area (Å²) in [7, 11) is -6.99. The molecule has 0 bridgehead atoms. The van der Waals surface area contributed by atoms with Gasteiger partial charge in [0.2, 0.25) is 5.25 Å². The van der Waals surface area contributed by atoms with E-state index in [9.17, 15) is 52.7 Å². The Morgan fingerprint density at radius 1 is 0.812 bits per heavy atom. The van der Waals surface area contributed by atoms with Crippen LogP contribution in [0.3, 0.4) is 0 Å². The van der Waals surface area contributed by atoms with Crippen LogP contribution in [0.5, 0.6) is 0 Å². The highest BCUT2D eigenvalue weighted by Gasteiger charge is 2.86. The largest absolute Gasteiger partial charge is 0.460 e. The van der Waals surface area contributed by atoms with Crippen molar-refractivity contribution in [3.63, 3.8) is 0 Å². The highest BCUT2D eigenvalue weighted by atomic mass is 32.3. The monoisotopic (exact) mass is 525 g/mol.